The van der Waals surface area contributed by atoms with Gasteiger partial charge in [0.15, 0.2) is 11.5 Å². The summed E-state index contributed by atoms with van der Waals surface area (Å²) in [5.74, 6) is 0.157. The van der Waals surface area contributed by atoms with Crippen LogP contribution in [-0.2, 0) is 11.3 Å². The summed E-state index contributed by atoms with van der Waals surface area (Å²) >= 11 is 1.47. The highest BCUT2D eigenvalue weighted by molar-refractivity contribution is 7.10. The van der Waals surface area contributed by atoms with E-state index >= 15 is 0 Å². The fourth-order valence-corrected chi connectivity index (χ4v) is 3.49. The summed E-state index contributed by atoms with van der Waals surface area (Å²) in [6.07, 6.45) is 1.66. The summed E-state index contributed by atoms with van der Waals surface area (Å²) < 4.78 is 10.5. The lowest BCUT2D eigenvalue weighted by atomic mass is 10.1. The van der Waals surface area contributed by atoms with Gasteiger partial charge >= 0.3 is 0 Å². The van der Waals surface area contributed by atoms with Crippen molar-refractivity contribution in [3.05, 3.63) is 87.2 Å². The quantitative estimate of drug-likeness (QED) is 0.520. The van der Waals surface area contributed by atoms with Gasteiger partial charge in [0, 0.05) is 17.0 Å². The molecule has 0 atom stereocenters. The molecule has 160 valence electrons. The molecule has 2 amide bonds. The van der Waals surface area contributed by atoms with Crippen LogP contribution in [-0.4, -0.2) is 26.0 Å². The second-order valence-electron chi connectivity index (χ2n) is 6.77. The van der Waals surface area contributed by atoms with Crippen LogP contribution < -0.4 is 20.1 Å². The van der Waals surface area contributed by atoms with Gasteiger partial charge in [-0.2, -0.15) is 0 Å². The Hall–Kier alpha value is -3.58. The molecule has 31 heavy (non-hydrogen) atoms. The van der Waals surface area contributed by atoms with Crippen LogP contribution in [0, 0.1) is 6.92 Å². The Labute approximate surface area is 185 Å². The molecular formula is C24H24N2O4S. The van der Waals surface area contributed by atoms with E-state index in [9.17, 15) is 9.59 Å². The van der Waals surface area contributed by atoms with Gasteiger partial charge in [-0.05, 0) is 48.2 Å². The van der Waals surface area contributed by atoms with E-state index in [1.165, 1.54) is 25.6 Å². The van der Waals surface area contributed by atoms with E-state index < -0.39 is 5.91 Å². The van der Waals surface area contributed by atoms with Crippen LogP contribution in [0.15, 0.2) is 65.7 Å². The lowest BCUT2D eigenvalue weighted by molar-refractivity contribution is -0.117. The molecular weight excluding hydrogens is 412 g/mol. The monoisotopic (exact) mass is 436 g/mol. The van der Waals surface area contributed by atoms with E-state index in [4.69, 9.17) is 9.47 Å². The molecule has 2 aromatic carbocycles. The third-order valence-electron chi connectivity index (χ3n) is 4.54. The summed E-state index contributed by atoms with van der Waals surface area (Å²) in [5.41, 5.74) is 2.63. The number of hydrogen-bond donors (Lipinski definition) is 2. The molecule has 1 heterocycles. The minimum absolute atomic E-state index is 0.161. The normalized spacial score (nSPS) is 11.0. The van der Waals surface area contributed by atoms with E-state index in [1.807, 2.05) is 48.7 Å². The van der Waals surface area contributed by atoms with Crippen LogP contribution in [0.25, 0.3) is 6.08 Å². The number of ether oxygens (including phenoxy) is 2. The minimum atomic E-state index is -0.422. The molecule has 2 N–H and O–H groups in total. The molecule has 6 nitrogen and oxygen atoms in total. The van der Waals surface area contributed by atoms with Gasteiger partial charge in [-0.1, -0.05) is 35.9 Å². The molecule has 3 aromatic rings. The van der Waals surface area contributed by atoms with Gasteiger partial charge in [0.05, 0.1) is 14.2 Å². The molecule has 0 saturated carbocycles. The van der Waals surface area contributed by atoms with Crippen molar-refractivity contribution in [1.82, 2.24) is 10.6 Å². The van der Waals surface area contributed by atoms with E-state index in [1.54, 1.807) is 24.3 Å². The van der Waals surface area contributed by atoms with Crippen LogP contribution in [0.5, 0.6) is 11.5 Å². The van der Waals surface area contributed by atoms with Crippen molar-refractivity contribution in [2.75, 3.05) is 14.2 Å². The van der Waals surface area contributed by atoms with Gasteiger partial charge < -0.3 is 20.1 Å². The Kier molecular flexibility index (Phi) is 7.45. The number of carbonyl (C=O) groups excluding carboxylic acids is 2. The van der Waals surface area contributed by atoms with Gasteiger partial charge in [-0.3, -0.25) is 9.59 Å². The Morgan fingerprint density at radius 1 is 1.00 bits per heavy atom. The largest absolute Gasteiger partial charge is 0.493 e. The minimum Gasteiger partial charge on any atom is -0.493 e. The number of carbonyl (C=O) groups is 2. The van der Waals surface area contributed by atoms with E-state index in [2.05, 4.69) is 10.6 Å². The SMILES string of the molecule is COc1ccc(C(=O)N/C(=C\c2cccs2)C(=O)NCc2ccc(C)cc2)cc1OC. The molecule has 0 unspecified atom stereocenters. The maximum absolute atomic E-state index is 12.9. The second kappa shape index (κ2) is 10.4. The first-order valence-corrected chi connectivity index (χ1v) is 10.5. The zero-order valence-corrected chi connectivity index (χ0v) is 18.4. The number of nitrogens with one attached hydrogen (secondary N) is 2. The highest BCUT2D eigenvalue weighted by Gasteiger charge is 2.16. The van der Waals surface area contributed by atoms with Gasteiger partial charge in [0.2, 0.25) is 0 Å². The Bertz CT molecular complexity index is 1070. The molecule has 0 fully saturated rings. The number of hydrogen-bond acceptors (Lipinski definition) is 5. The molecule has 0 spiro atoms. The Morgan fingerprint density at radius 2 is 1.74 bits per heavy atom. The molecule has 0 aliphatic heterocycles. The van der Waals surface area contributed by atoms with Gasteiger partial charge in [-0.15, -0.1) is 11.3 Å². The van der Waals surface area contributed by atoms with Crippen LogP contribution in [0.2, 0.25) is 0 Å². The van der Waals surface area contributed by atoms with Crippen molar-refractivity contribution in [3.8, 4) is 11.5 Å². The second-order valence-corrected chi connectivity index (χ2v) is 7.74. The number of methoxy groups -OCH3 is 2. The molecule has 0 bridgehead atoms. The van der Waals surface area contributed by atoms with Crippen molar-refractivity contribution in [2.24, 2.45) is 0 Å². The lowest BCUT2D eigenvalue weighted by Crippen LogP contribution is -2.34. The van der Waals surface area contributed by atoms with Crippen molar-refractivity contribution >= 4 is 29.2 Å². The molecule has 0 aliphatic carbocycles. The topological polar surface area (TPSA) is 76.7 Å². The van der Waals surface area contributed by atoms with Crippen molar-refractivity contribution in [3.63, 3.8) is 0 Å². The Morgan fingerprint density at radius 3 is 2.39 bits per heavy atom. The first-order chi connectivity index (χ1) is 15.0. The first kappa shape index (κ1) is 22.1. The fourth-order valence-electron chi connectivity index (χ4n) is 2.83. The van der Waals surface area contributed by atoms with Crippen LogP contribution in [0.3, 0.4) is 0 Å². The number of rotatable bonds is 8. The molecule has 7 heteroatoms. The van der Waals surface area contributed by atoms with E-state index in [0.29, 0.717) is 23.6 Å². The van der Waals surface area contributed by atoms with Crippen LogP contribution >= 0.6 is 11.3 Å². The number of amides is 2. The van der Waals surface area contributed by atoms with Gasteiger partial charge in [0.25, 0.3) is 11.8 Å². The maximum Gasteiger partial charge on any atom is 0.268 e. The predicted molar refractivity (Wildman–Crippen MR) is 122 cm³/mol. The zero-order chi connectivity index (χ0) is 22.2. The summed E-state index contributed by atoms with van der Waals surface area (Å²) in [4.78, 5) is 26.6. The smallest absolute Gasteiger partial charge is 0.268 e. The third-order valence-corrected chi connectivity index (χ3v) is 5.36. The van der Waals surface area contributed by atoms with Crippen LogP contribution in [0.1, 0.15) is 26.4 Å². The summed E-state index contributed by atoms with van der Waals surface area (Å²) in [6.45, 7) is 2.36. The zero-order valence-electron chi connectivity index (χ0n) is 17.6. The van der Waals surface area contributed by atoms with E-state index in [-0.39, 0.29) is 11.6 Å². The summed E-state index contributed by atoms with van der Waals surface area (Å²) in [7, 11) is 3.03. The molecule has 1 aromatic heterocycles. The van der Waals surface area contributed by atoms with Crippen molar-refractivity contribution < 1.29 is 19.1 Å². The summed E-state index contributed by atoms with van der Waals surface area (Å²) in [6, 6.07) is 16.5. The summed E-state index contributed by atoms with van der Waals surface area (Å²) in [5, 5.41) is 7.50. The standard InChI is InChI=1S/C24H24N2O4S/c1-16-6-8-17(9-7-16)15-25-24(28)20(14-19-5-4-12-31-19)26-23(27)18-10-11-21(29-2)22(13-18)30-3/h4-14H,15H2,1-3H3,(H,25,28)(H,26,27)/b20-14-. The third kappa shape index (κ3) is 5.96. The highest BCUT2D eigenvalue weighted by atomic mass is 32.1. The molecule has 3 rings (SSSR count). The molecule has 0 aliphatic rings. The van der Waals surface area contributed by atoms with Crippen molar-refractivity contribution in [1.29, 1.82) is 0 Å². The van der Waals surface area contributed by atoms with Gasteiger partial charge in [-0.25, -0.2) is 0 Å². The Balaban J connectivity index is 1.78. The highest BCUT2D eigenvalue weighted by Crippen LogP contribution is 2.27. The number of thiophene rings is 1. The van der Waals surface area contributed by atoms with Gasteiger partial charge in [0.1, 0.15) is 5.70 Å². The van der Waals surface area contributed by atoms with E-state index in [0.717, 1.165) is 16.0 Å². The van der Waals surface area contributed by atoms with Crippen LogP contribution in [0.4, 0.5) is 0 Å². The number of benzene rings is 2. The molecule has 0 saturated heterocycles. The van der Waals surface area contributed by atoms with Crippen molar-refractivity contribution in [2.45, 2.75) is 13.5 Å². The average molecular weight is 437 g/mol. The predicted octanol–water partition coefficient (Wildman–Crippen LogP) is 4.16. The maximum atomic E-state index is 12.9. The fraction of sp³-hybridized carbons (Fsp3) is 0.167. The molecule has 0 radical (unpaired) electrons. The average Bonchev–Trinajstić information content (AvgIpc) is 3.30. The number of aryl methyl sites for hydroxylation is 1. The first-order valence-electron chi connectivity index (χ1n) is 9.62. The lowest BCUT2D eigenvalue weighted by Gasteiger charge is -2.13.